The van der Waals surface area contributed by atoms with Crippen LogP contribution in [0.25, 0.3) is 12.2 Å². The van der Waals surface area contributed by atoms with Crippen LogP contribution in [0.15, 0.2) is 96.1 Å². The predicted octanol–water partition coefficient (Wildman–Crippen LogP) is 8.39. The third kappa shape index (κ3) is 7.59. The van der Waals surface area contributed by atoms with E-state index in [1.807, 2.05) is 19.1 Å². The van der Waals surface area contributed by atoms with Gasteiger partial charge in [0, 0.05) is 5.92 Å². The number of hydrogen-bond acceptors (Lipinski definition) is 2. The smallest absolute Gasteiger partial charge is 0.306 e. The minimum atomic E-state index is -0.165. The maximum atomic E-state index is 12.8. The standard InChI is InChI=1S/C32H36O2/c1-4-6-17-29(22-26-13-9-7-10-14-26)30(23-27-15-11-8-12-16-27)31(24-32(33)34-5-2)28-20-18-25(3)19-21-28/h7-16,18-23,31H,4-6,17,24H2,1-3H3/b29-22-,30-23-. The summed E-state index contributed by atoms with van der Waals surface area (Å²) in [6, 6.07) is 29.4. The average molecular weight is 453 g/mol. The summed E-state index contributed by atoms with van der Waals surface area (Å²) in [6.45, 7) is 6.56. The molecular formula is C32H36O2. The number of carbonyl (C=O) groups is 1. The SMILES string of the molecule is CCCCC(=C/c1ccccc1)/C(=C/c1ccccc1)C(CC(=O)OCC)c1ccc(C)cc1. The summed E-state index contributed by atoms with van der Waals surface area (Å²) in [5.74, 6) is -0.256. The minimum Gasteiger partial charge on any atom is -0.466 e. The number of benzene rings is 3. The molecule has 0 aliphatic carbocycles. The van der Waals surface area contributed by atoms with Gasteiger partial charge in [0.15, 0.2) is 0 Å². The van der Waals surface area contributed by atoms with Crippen LogP contribution in [-0.2, 0) is 9.53 Å². The van der Waals surface area contributed by atoms with Gasteiger partial charge in [0.1, 0.15) is 0 Å². The summed E-state index contributed by atoms with van der Waals surface area (Å²) in [4.78, 5) is 12.8. The number of ether oxygens (including phenoxy) is 1. The minimum absolute atomic E-state index is 0.0910. The Bertz CT molecular complexity index is 1080. The van der Waals surface area contributed by atoms with Gasteiger partial charge in [0.05, 0.1) is 13.0 Å². The van der Waals surface area contributed by atoms with Crippen molar-refractivity contribution in [2.75, 3.05) is 6.61 Å². The molecule has 3 rings (SSSR count). The Hall–Kier alpha value is -3.39. The molecule has 0 fully saturated rings. The van der Waals surface area contributed by atoms with E-state index in [-0.39, 0.29) is 11.9 Å². The van der Waals surface area contributed by atoms with Gasteiger partial charge in [0.25, 0.3) is 0 Å². The molecule has 0 amide bonds. The van der Waals surface area contributed by atoms with Crippen molar-refractivity contribution in [1.82, 2.24) is 0 Å². The van der Waals surface area contributed by atoms with Crippen molar-refractivity contribution in [3.8, 4) is 0 Å². The van der Waals surface area contributed by atoms with Crippen molar-refractivity contribution in [1.29, 1.82) is 0 Å². The lowest BCUT2D eigenvalue weighted by Crippen LogP contribution is -2.14. The van der Waals surface area contributed by atoms with E-state index in [2.05, 4.69) is 98.8 Å². The molecule has 2 nitrogen and oxygen atoms in total. The lowest BCUT2D eigenvalue weighted by molar-refractivity contribution is -0.143. The van der Waals surface area contributed by atoms with Gasteiger partial charge in [-0.1, -0.05) is 116 Å². The molecule has 0 bridgehead atoms. The molecular weight excluding hydrogens is 416 g/mol. The van der Waals surface area contributed by atoms with Gasteiger partial charge < -0.3 is 4.74 Å². The van der Waals surface area contributed by atoms with Crippen molar-refractivity contribution in [2.24, 2.45) is 0 Å². The summed E-state index contributed by atoms with van der Waals surface area (Å²) in [7, 11) is 0. The lowest BCUT2D eigenvalue weighted by Gasteiger charge is -2.24. The quantitative estimate of drug-likeness (QED) is 0.216. The van der Waals surface area contributed by atoms with E-state index >= 15 is 0 Å². The number of hydrogen-bond donors (Lipinski definition) is 0. The van der Waals surface area contributed by atoms with E-state index in [0.29, 0.717) is 13.0 Å². The summed E-state index contributed by atoms with van der Waals surface area (Å²) in [5.41, 5.74) is 7.10. The van der Waals surface area contributed by atoms with Gasteiger partial charge >= 0.3 is 5.97 Å². The number of unbranched alkanes of at least 4 members (excludes halogenated alkanes) is 1. The van der Waals surface area contributed by atoms with E-state index < -0.39 is 0 Å². The van der Waals surface area contributed by atoms with E-state index in [1.165, 1.54) is 22.3 Å². The Balaban J connectivity index is 2.18. The first-order chi connectivity index (χ1) is 16.6. The van der Waals surface area contributed by atoms with Gasteiger partial charge in [-0.15, -0.1) is 0 Å². The normalized spacial score (nSPS) is 12.9. The van der Waals surface area contributed by atoms with Gasteiger partial charge in [-0.25, -0.2) is 0 Å². The molecule has 3 aromatic carbocycles. The van der Waals surface area contributed by atoms with Crippen LogP contribution in [0.4, 0.5) is 0 Å². The molecule has 0 aliphatic rings. The predicted molar refractivity (Wildman–Crippen MR) is 144 cm³/mol. The Morgan fingerprint density at radius 2 is 1.41 bits per heavy atom. The monoisotopic (exact) mass is 452 g/mol. The second-order valence-corrected chi connectivity index (χ2v) is 8.67. The number of esters is 1. The second kappa shape index (κ2) is 13.3. The third-order valence-corrected chi connectivity index (χ3v) is 5.96. The van der Waals surface area contributed by atoms with Crippen LogP contribution < -0.4 is 0 Å². The fourth-order valence-corrected chi connectivity index (χ4v) is 4.16. The Morgan fingerprint density at radius 1 is 0.824 bits per heavy atom. The first-order valence-electron chi connectivity index (χ1n) is 12.4. The molecule has 0 N–H and O–H groups in total. The molecule has 1 unspecified atom stereocenters. The van der Waals surface area contributed by atoms with Crippen LogP contribution >= 0.6 is 0 Å². The molecule has 1 atom stereocenters. The first-order valence-corrected chi connectivity index (χ1v) is 12.4. The third-order valence-electron chi connectivity index (χ3n) is 5.96. The first kappa shape index (κ1) is 25.2. The van der Waals surface area contributed by atoms with E-state index in [1.54, 1.807) is 0 Å². The number of rotatable bonds is 11. The van der Waals surface area contributed by atoms with Crippen molar-refractivity contribution in [3.05, 3.63) is 118 Å². The van der Waals surface area contributed by atoms with Crippen molar-refractivity contribution >= 4 is 18.1 Å². The number of carbonyl (C=O) groups excluding carboxylic acids is 1. The Labute approximate surface area is 205 Å². The fraction of sp³-hybridized carbons (Fsp3) is 0.281. The van der Waals surface area contributed by atoms with Crippen molar-refractivity contribution < 1.29 is 9.53 Å². The second-order valence-electron chi connectivity index (χ2n) is 8.67. The molecule has 0 aromatic heterocycles. The maximum Gasteiger partial charge on any atom is 0.306 e. The van der Waals surface area contributed by atoms with Gasteiger partial charge in [-0.2, -0.15) is 0 Å². The van der Waals surface area contributed by atoms with Crippen LogP contribution in [0.1, 0.15) is 67.7 Å². The van der Waals surface area contributed by atoms with Gasteiger partial charge in [-0.3, -0.25) is 4.79 Å². The lowest BCUT2D eigenvalue weighted by atomic mass is 9.80. The molecule has 34 heavy (non-hydrogen) atoms. The molecule has 0 radical (unpaired) electrons. The van der Waals surface area contributed by atoms with Crippen molar-refractivity contribution in [2.45, 2.75) is 52.4 Å². The molecule has 0 saturated heterocycles. The topological polar surface area (TPSA) is 26.3 Å². The van der Waals surface area contributed by atoms with Crippen LogP contribution in [0, 0.1) is 6.92 Å². The summed E-state index contributed by atoms with van der Waals surface area (Å²) < 4.78 is 5.41. The molecule has 0 saturated carbocycles. The summed E-state index contributed by atoms with van der Waals surface area (Å²) >= 11 is 0. The highest BCUT2D eigenvalue weighted by Gasteiger charge is 2.24. The summed E-state index contributed by atoms with van der Waals surface area (Å²) in [6.07, 6.45) is 8.01. The molecule has 0 heterocycles. The molecule has 176 valence electrons. The van der Waals surface area contributed by atoms with Crippen LogP contribution in [-0.4, -0.2) is 12.6 Å². The molecule has 0 spiro atoms. The zero-order chi connectivity index (χ0) is 24.2. The van der Waals surface area contributed by atoms with E-state index in [4.69, 9.17) is 4.74 Å². The van der Waals surface area contributed by atoms with Crippen molar-refractivity contribution in [3.63, 3.8) is 0 Å². The van der Waals surface area contributed by atoms with Crippen LogP contribution in [0.5, 0.6) is 0 Å². The fourth-order valence-electron chi connectivity index (χ4n) is 4.16. The highest BCUT2D eigenvalue weighted by Crippen LogP contribution is 2.37. The van der Waals surface area contributed by atoms with Gasteiger partial charge in [-0.05, 0) is 54.5 Å². The Morgan fingerprint density at radius 3 is 1.97 bits per heavy atom. The molecule has 0 aliphatic heterocycles. The zero-order valence-corrected chi connectivity index (χ0v) is 20.7. The highest BCUT2D eigenvalue weighted by atomic mass is 16.5. The van der Waals surface area contributed by atoms with E-state index in [9.17, 15) is 4.79 Å². The van der Waals surface area contributed by atoms with Crippen LogP contribution in [0.2, 0.25) is 0 Å². The zero-order valence-electron chi connectivity index (χ0n) is 20.7. The average Bonchev–Trinajstić information content (AvgIpc) is 2.86. The molecule has 2 heteroatoms. The number of allylic oxidation sites excluding steroid dienone is 2. The molecule has 3 aromatic rings. The largest absolute Gasteiger partial charge is 0.466 e. The van der Waals surface area contributed by atoms with Gasteiger partial charge in [0.2, 0.25) is 0 Å². The summed E-state index contributed by atoms with van der Waals surface area (Å²) in [5, 5.41) is 0. The maximum absolute atomic E-state index is 12.8. The number of aryl methyl sites for hydroxylation is 1. The highest BCUT2D eigenvalue weighted by molar-refractivity contribution is 5.75. The van der Waals surface area contributed by atoms with Crippen LogP contribution in [0.3, 0.4) is 0 Å². The Kier molecular flexibility index (Phi) is 9.91. The van der Waals surface area contributed by atoms with E-state index in [0.717, 1.165) is 30.4 Å².